The number of ketones is 1. The molecule has 0 unspecified atom stereocenters. The molecule has 4 nitrogen and oxygen atoms in total. The molecule has 0 aliphatic carbocycles. The molecular weight excluding hydrogens is 200 g/mol. The van der Waals surface area contributed by atoms with E-state index in [9.17, 15) is 4.79 Å². The molecule has 0 radical (unpaired) electrons. The van der Waals surface area contributed by atoms with Crippen LogP contribution in [0.4, 0.5) is 0 Å². The third kappa shape index (κ3) is 4.41. The molecule has 0 bridgehead atoms. The highest BCUT2D eigenvalue weighted by Crippen LogP contribution is 2.17. The number of carbonyl (C=O) groups excluding carboxylic acids is 1. The van der Waals surface area contributed by atoms with E-state index in [4.69, 9.17) is 4.42 Å². The van der Waals surface area contributed by atoms with Crippen molar-refractivity contribution in [1.82, 2.24) is 10.2 Å². The van der Waals surface area contributed by atoms with Crippen LogP contribution in [0.3, 0.4) is 0 Å². The van der Waals surface area contributed by atoms with Gasteiger partial charge in [0, 0.05) is 19.1 Å². The van der Waals surface area contributed by atoms with Gasteiger partial charge in [0.25, 0.3) is 5.22 Å². The Balaban J connectivity index is 2.07. The molecule has 0 atom stereocenters. The summed E-state index contributed by atoms with van der Waals surface area (Å²) in [5.41, 5.74) is 0. The van der Waals surface area contributed by atoms with Crippen LogP contribution in [0.1, 0.15) is 32.1 Å². The quantitative estimate of drug-likeness (QED) is 0.537. The molecule has 1 heterocycles. The van der Waals surface area contributed by atoms with Crippen molar-refractivity contribution < 1.29 is 9.21 Å². The molecule has 0 aliphatic heterocycles. The second-order valence-corrected chi connectivity index (χ2v) is 4.14. The first-order valence-corrected chi connectivity index (χ1v) is 5.59. The number of Topliss-reactive ketones (excluding diaryl/α,β-unsaturated/α-hetero) is 1. The van der Waals surface area contributed by atoms with Crippen molar-refractivity contribution in [3.05, 3.63) is 5.89 Å². The van der Waals surface area contributed by atoms with E-state index in [0.717, 1.165) is 18.6 Å². The Morgan fingerprint density at radius 3 is 2.79 bits per heavy atom. The van der Waals surface area contributed by atoms with Crippen molar-refractivity contribution in [3.8, 4) is 0 Å². The largest absolute Gasteiger partial charge is 0.416 e. The zero-order valence-electron chi connectivity index (χ0n) is 8.45. The Hall–Kier alpha value is -0.840. The summed E-state index contributed by atoms with van der Waals surface area (Å²) in [6.45, 7) is 3.39. The molecule has 5 heteroatoms. The molecule has 1 rings (SSSR count). The second-order valence-electron chi connectivity index (χ2n) is 3.09. The molecule has 78 valence electrons. The van der Waals surface area contributed by atoms with Gasteiger partial charge in [0.2, 0.25) is 5.89 Å². The lowest BCUT2D eigenvalue weighted by Crippen LogP contribution is -1.90. The van der Waals surface area contributed by atoms with Crippen molar-refractivity contribution in [1.29, 1.82) is 0 Å². The molecule has 0 N–H and O–H groups in total. The summed E-state index contributed by atoms with van der Waals surface area (Å²) in [4.78, 5) is 10.6. The fourth-order valence-corrected chi connectivity index (χ4v) is 1.77. The first-order valence-electron chi connectivity index (χ1n) is 4.61. The fourth-order valence-electron chi connectivity index (χ4n) is 0.972. The molecule has 0 saturated carbocycles. The van der Waals surface area contributed by atoms with Gasteiger partial charge in [-0.05, 0) is 19.8 Å². The first kappa shape index (κ1) is 11.2. The molecule has 1 aromatic heterocycles. The van der Waals surface area contributed by atoms with Crippen LogP contribution in [0.5, 0.6) is 0 Å². The molecule has 0 amide bonds. The summed E-state index contributed by atoms with van der Waals surface area (Å²) in [6, 6.07) is 0. The van der Waals surface area contributed by atoms with Crippen molar-refractivity contribution in [2.75, 3.05) is 5.75 Å². The first-order chi connectivity index (χ1) is 6.68. The number of rotatable bonds is 6. The normalized spacial score (nSPS) is 10.4. The number of thioether (sulfide) groups is 1. The molecule has 0 fully saturated rings. The minimum atomic E-state index is 0.253. The SMILES string of the molecule is CC(=O)CCCCSc1nnc(C)o1. The molecule has 0 saturated heterocycles. The van der Waals surface area contributed by atoms with E-state index in [-0.39, 0.29) is 5.78 Å². The van der Waals surface area contributed by atoms with Gasteiger partial charge in [-0.1, -0.05) is 11.8 Å². The number of aryl methyl sites for hydroxylation is 1. The maximum atomic E-state index is 10.6. The Morgan fingerprint density at radius 1 is 1.43 bits per heavy atom. The third-order valence-corrected chi connectivity index (χ3v) is 2.56. The zero-order valence-corrected chi connectivity index (χ0v) is 9.26. The van der Waals surface area contributed by atoms with Gasteiger partial charge in [-0.2, -0.15) is 0 Å². The summed E-state index contributed by atoms with van der Waals surface area (Å²) in [5.74, 6) is 1.77. The zero-order chi connectivity index (χ0) is 10.4. The standard InChI is InChI=1S/C9H14N2O2S/c1-7(12)5-3-4-6-14-9-11-10-8(2)13-9/h3-6H2,1-2H3. The van der Waals surface area contributed by atoms with E-state index in [1.54, 1.807) is 25.6 Å². The second kappa shape index (κ2) is 5.80. The maximum absolute atomic E-state index is 10.6. The van der Waals surface area contributed by atoms with Crippen LogP contribution in [0.25, 0.3) is 0 Å². The predicted molar refractivity (Wildman–Crippen MR) is 54.3 cm³/mol. The van der Waals surface area contributed by atoms with E-state index in [1.165, 1.54) is 0 Å². The Labute approximate surface area is 87.5 Å². The number of carbonyl (C=O) groups is 1. The van der Waals surface area contributed by atoms with Crippen molar-refractivity contribution >= 4 is 17.5 Å². The third-order valence-electron chi connectivity index (χ3n) is 1.66. The van der Waals surface area contributed by atoms with Crippen LogP contribution in [-0.2, 0) is 4.79 Å². The summed E-state index contributed by atoms with van der Waals surface area (Å²) in [7, 11) is 0. The van der Waals surface area contributed by atoms with Crippen molar-refractivity contribution in [2.45, 2.75) is 38.3 Å². The Morgan fingerprint density at radius 2 is 2.21 bits per heavy atom. The fraction of sp³-hybridized carbons (Fsp3) is 0.667. The summed E-state index contributed by atoms with van der Waals surface area (Å²) in [6.07, 6.45) is 2.62. The minimum Gasteiger partial charge on any atom is -0.416 e. The van der Waals surface area contributed by atoms with Crippen LogP contribution < -0.4 is 0 Å². The molecule has 0 aliphatic rings. The monoisotopic (exact) mass is 214 g/mol. The van der Waals surface area contributed by atoms with Crippen LogP contribution >= 0.6 is 11.8 Å². The van der Waals surface area contributed by atoms with E-state index < -0.39 is 0 Å². The summed E-state index contributed by atoms with van der Waals surface area (Å²) < 4.78 is 5.18. The van der Waals surface area contributed by atoms with Gasteiger partial charge in [-0.25, -0.2) is 0 Å². The molecule has 0 aromatic carbocycles. The van der Waals surface area contributed by atoms with Gasteiger partial charge in [0.05, 0.1) is 0 Å². The lowest BCUT2D eigenvalue weighted by atomic mass is 10.2. The van der Waals surface area contributed by atoms with E-state index in [0.29, 0.717) is 17.5 Å². The summed E-state index contributed by atoms with van der Waals surface area (Å²) >= 11 is 1.54. The Bertz CT molecular complexity index is 299. The van der Waals surface area contributed by atoms with Gasteiger partial charge in [-0.3, -0.25) is 0 Å². The van der Waals surface area contributed by atoms with Crippen LogP contribution in [-0.4, -0.2) is 21.7 Å². The van der Waals surface area contributed by atoms with Crippen LogP contribution in [0, 0.1) is 6.92 Å². The predicted octanol–water partition coefficient (Wildman–Crippen LogP) is 2.23. The number of unbranched alkanes of at least 4 members (excludes halogenated alkanes) is 1. The lowest BCUT2D eigenvalue weighted by Gasteiger charge is -1.95. The number of aromatic nitrogens is 2. The molecule has 1 aromatic rings. The van der Waals surface area contributed by atoms with Crippen LogP contribution in [0.2, 0.25) is 0 Å². The van der Waals surface area contributed by atoms with Gasteiger partial charge in [0.1, 0.15) is 5.78 Å². The lowest BCUT2D eigenvalue weighted by molar-refractivity contribution is -0.117. The Kier molecular flexibility index (Phi) is 4.65. The van der Waals surface area contributed by atoms with E-state index in [1.807, 2.05) is 0 Å². The topological polar surface area (TPSA) is 56.0 Å². The van der Waals surface area contributed by atoms with Gasteiger partial charge in [-0.15, -0.1) is 10.2 Å². The van der Waals surface area contributed by atoms with E-state index in [2.05, 4.69) is 10.2 Å². The molecule has 0 spiro atoms. The summed E-state index contributed by atoms with van der Waals surface area (Å²) in [5, 5.41) is 8.20. The highest BCUT2D eigenvalue weighted by atomic mass is 32.2. The average Bonchev–Trinajstić information content (AvgIpc) is 2.50. The highest BCUT2D eigenvalue weighted by molar-refractivity contribution is 7.99. The van der Waals surface area contributed by atoms with Gasteiger partial charge in [0.15, 0.2) is 0 Å². The average molecular weight is 214 g/mol. The van der Waals surface area contributed by atoms with E-state index >= 15 is 0 Å². The van der Waals surface area contributed by atoms with Crippen molar-refractivity contribution in [3.63, 3.8) is 0 Å². The highest BCUT2D eigenvalue weighted by Gasteiger charge is 2.02. The maximum Gasteiger partial charge on any atom is 0.276 e. The number of hydrogen-bond donors (Lipinski definition) is 0. The van der Waals surface area contributed by atoms with Crippen LogP contribution in [0.15, 0.2) is 9.64 Å². The van der Waals surface area contributed by atoms with Gasteiger partial charge < -0.3 is 9.21 Å². The molecular formula is C9H14N2O2S. The minimum absolute atomic E-state index is 0.253. The smallest absolute Gasteiger partial charge is 0.276 e. The van der Waals surface area contributed by atoms with Gasteiger partial charge >= 0.3 is 0 Å². The molecule has 14 heavy (non-hydrogen) atoms. The number of hydrogen-bond acceptors (Lipinski definition) is 5. The number of nitrogens with zero attached hydrogens (tertiary/aromatic N) is 2. The van der Waals surface area contributed by atoms with Crippen molar-refractivity contribution in [2.24, 2.45) is 0 Å².